The van der Waals surface area contributed by atoms with Gasteiger partial charge in [-0.2, -0.15) is 0 Å². The van der Waals surface area contributed by atoms with Gasteiger partial charge in [-0.3, -0.25) is 14.2 Å². The molecule has 5 nitrogen and oxygen atoms in total. The molecule has 0 fully saturated rings. The molecule has 0 radical (unpaired) electrons. The van der Waals surface area contributed by atoms with Gasteiger partial charge in [0.1, 0.15) is 0 Å². The van der Waals surface area contributed by atoms with Crippen LogP contribution in [0.15, 0.2) is 65.8 Å². The third-order valence-electron chi connectivity index (χ3n) is 4.03. The van der Waals surface area contributed by atoms with Gasteiger partial charge in [-0.15, -0.1) is 10.2 Å². The molecule has 0 saturated heterocycles. The van der Waals surface area contributed by atoms with E-state index in [2.05, 4.69) is 10.2 Å². The lowest BCUT2D eigenvalue weighted by atomic mass is 9.89. The molecule has 0 amide bonds. The van der Waals surface area contributed by atoms with Gasteiger partial charge >= 0.3 is 0 Å². The van der Waals surface area contributed by atoms with Crippen molar-refractivity contribution in [3.8, 4) is 5.69 Å². The van der Waals surface area contributed by atoms with Crippen molar-refractivity contribution in [1.82, 2.24) is 14.8 Å². The van der Waals surface area contributed by atoms with Crippen LogP contribution in [0, 0.1) is 0 Å². The lowest BCUT2D eigenvalue weighted by Crippen LogP contribution is -2.18. The second kappa shape index (κ2) is 6.14. The molecule has 0 bridgehead atoms. The Labute approximate surface area is 148 Å². The fourth-order valence-electron chi connectivity index (χ4n) is 2.87. The molecular weight excluding hydrogens is 334 g/mol. The van der Waals surface area contributed by atoms with Crippen molar-refractivity contribution in [3.05, 3.63) is 77.6 Å². The summed E-state index contributed by atoms with van der Waals surface area (Å²) in [5.74, 6) is -0.0330. The minimum absolute atomic E-state index is 0.196. The van der Waals surface area contributed by atoms with Gasteiger partial charge in [-0.1, -0.05) is 54.2 Å². The number of Topliss-reactive ketones (excluding diaryl/α,β-unsaturated/α-hetero) is 1. The Kier molecular flexibility index (Phi) is 3.82. The summed E-state index contributed by atoms with van der Waals surface area (Å²) in [5.41, 5.74) is 1.93. The maximum atomic E-state index is 12.9. The number of para-hydroxylation sites is 1. The highest BCUT2D eigenvalue weighted by Crippen LogP contribution is 2.30. The maximum absolute atomic E-state index is 12.9. The zero-order valence-corrected chi connectivity index (χ0v) is 14.2. The molecule has 25 heavy (non-hydrogen) atoms. The topological polar surface area (TPSA) is 64.8 Å². The Balaban J connectivity index is 1.91. The molecule has 2 aromatic carbocycles. The number of ketones is 2. The van der Waals surface area contributed by atoms with Gasteiger partial charge in [0.25, 0.3) is 0 Å². The van der Waals surface area contributed by atoms with E-state index in [1.807, 2.05) is 36.6 Å². The van der Waals surface area contributed by atoms with E-state index < -0.39 is 0 Å². The van der Waals surface area contributed by atoms with Gasteiger partial charge in [0.15, 0.2) is 22.5 Å². The predicted molar refractivity (Wildman–Crippen MR) is 96.2 cm³/mol. The highest BCUT2D eigenvalue weighted by atomic mass is 32.2. The molecule has 0 N–H and O–H groups in total. The van der Waals surface area contributed by atoms with Crippen LogP contribution in [0.1, 0.15) is 26.5 Å². The first kappa shape index (κ1) is 15.5. The first-order chi connectivity index (χ1) is 12.2. The summed E-state index contributed by atoms with van der Waals surface area (Å²) in [4.78, 5) is 25.4. The van der Waals surface area contributed by atoms with Crippen LogP contribution < -0.4 is 0 Å². The molecule has 6 heteroatoms. The van der Waals surface area contributed by atoms with Crippen LogP contribution in [-0.2, 0) is 0 Å². The molecule has 1 heterocycles. The third-order valence-corrected chi connectivity index (χ3v) is 4.66. The number of allylic oxidation sites excluding steroid dienone is 2. The van der Waals surface area contributed by atoms with Crippen LogP contribution in [0.25, 0.3) is 11.3 Å². The van der Waals surface area contributed by atoms with Crippen LogP contribution in [0.5, 0.6) is 0 Å². The standard InChI is InChI=1S/C19H13N3O2S/c1-25-19-21-20-18(22(19)12-7-3-2-4-8-12)15-11-16(23)13-9-5-6-10-14(13)17(15)24/h2-11H,1H3. The van der Waals surface area contributed by atoms with Crippen LogP contribution in [0.4, 0.5) is 0 Å². The fraction of sp³-hybridized carbons (Fsp3) is 0.0526. The lowest BCUT2D eigenvalue weighted by Gasteiger charge is -2.16. The lowest BCUT2D eigenvalue weighted by molar-refractivity contribution is 0.100. The molecule has 122 valence electrons. The first-order valence-electron chi connectivity index (χ1n) is 7.65. The fourth-order valence-corrected chi connectivity index (χ4v) is 3.36. The SMILES string of the molecule is CSc1nnc(C2=CC(=O)c3ccccc3C2=O)n1-c1ccccc1. The normalized spacial score (nSPS) is 13.6. The number of hydrogen-bond donors (Lipinski definition) is 0. The smallest absolute Gasteiger partial charge is 0.197 e. The van der Waals surface area contributed by atoms with Crippen molar-refractivity contribution in [2.45, 2.75) is 5.16 Å². The molecule has 0 saturated carbocycles. The molecule has 0 atom stereocenters. The number of rotatable bonds is 3. The third kappa shape index (κ3) is 2.51. The number of carbonyl (C=O) groups excluding carboxylic acids is 2. The van der Waals surface area contributed by atoms with Crippen molar-refractivity contribution in [2.75, 3.05) is 6.26 Å². The Morgan fingerprint density at radius 1 is 0.880 bits per heavy atom. The number of aromatic nitrogens is 3. The number of hydrogen-bond acceptors (Lipinski definition) is 5. The summed E-state index contributed by atoms with van der Waals surface area (Å²) in [6.45, 7) is 0. The van der Waals surface area contributed by atoms with E-state index >= 15 is 0 Å². The van der Waals surface area contributed by atoms with E-state index in [0.29, 0.717) is 22.1 Å². The number of nitrogens with zero attached hydrogens (tertiary/aromatic N) is 3. The van der Waals surface area contributed by atoms with Gasteiger partial charge in [0.05, 0.1) is 5.57 Å². The Hall–Kier alpha value is -2.99. The zero-order chi connectivity index (χ0) is 17.4. The van der Waals surface area contributed by atoms with Crippen molar-refractivity contribution < 1.29 is 9.59 Å². The maximum Gasteiger partial charge on any atom is 0.197 e. The van der Waals surface area contributed by atoms with E-state index in [-0.39, 0.29) is 17.1 Å². The predicted octanol–water partition coefficient (Wildman–Crippen LogP) is 3.45. The van der Waals surface area contributed by atoms with Crippen molar-refractivity contribution >= 4 is 28.9 Å². The van der Waals surface area contributed by atoms with E-state index in [1.54, 1.807) is 28.8 Å². The number of benzene rings is 2. The monoisotopic (exact) mass is 347 g/mol. The Morgan fingerprint density at radius 2 is 1.56 bits per heavy atom. The molecular formula is C19H13N3O2S. The van der Waals surface area contributed by atoms with Crippen LogP contribution in [0.3, 0.4) is 0 Å². The number of thioether (sulfide) groups is 1. The van der Waals surface area contributed by atoms with Crippen LogP contribution in [0.2, 0.25) is 0 Å². The van der Waals surface area contributed by atoms with E-state index in [9.17, 15) is 9.59 Å². The minimum Gasteiger partial charge on any atom is -0.289 e. The quantitative estimate of drug-likeness (QED) is 0.679. The number of carbonyl (C=O) groups is 2. The highest BCUT2D eigenvalue weighted by Gasteiger charge is 2.30. The molecule has 4 rings (SSSR count). The van der Waals surface area contributed by atoms with Gasteiger partial charge in [-0.25, -0.2) is 0 Å². The second-order valence-electron chi connectivity index (χ2n) is 5.48. The average Bonchev–Trinajstić information content (AvgIpc) is 3.09. The van der Waals surface area contributed by atoms with Gasteiger partial charge in [0, 0.05) is 22.9 Å². The zero-order valence-electron chi connectivity index (χ0n) is 13.3. The highest BCUT2D eigenvalue weighted by molar-refractivity contribution is 7.98. The van der Waals surface area contributed by atoms with E-state index in [4.69, 9.17) is 0 Å². The van der Waals surface area contributed by atoms with Crippen LogP contribution >= 0.6 is 11.8 Å². The average molecular weight is 347 g/mol. The Bertz CT molecular complexity index is 1020. The number of fused-ring (bicyclic) bond motifs is 1. The molecule has 0 spiro atoms. The van der Waals surface area contributed by atoms with Crippen molar-refractivity contribution in [2.24, 2.45) is 0 Å². The Morgan fingerprint density at radius 3 is 2.28 bits per heavy atom. The van der Waals surface area contributed by atoms with E-state index in [1.165, 1.54) is 17.8 Å². The largest absolute Gasteiger partial charge is 0.289 e. The molecule has 1 aliphatic carbocycles. The molecule has 0 aliphatic heterocycles. The molecule has 1 aromatic heterocycles. The van der Waals surface area contributed by atoms with Crippen LogP contribution in [-0.4, -0.2) is 32.6 Å². The summed E-state index contributed by atoms with van der Waals surface area (Å²) < 4.78 is 1.80. The summed E-state index contributed by atoms with van der Waals surface area (Å²) in [6, 6.07) is 16.4. The minimum atomic E-state index is -0.215. The first-order valence-corrected chi connectivity index (χ1v) is 8.88. The summed E-state index contributed by atoms with van der Waals surface area (Å²) in [5, 5.41) is 9.02. The summed E-state index contributed by atoms with van der Waals surface area (Å²) in [6.07, 6.45) is 3.25. The van der Waals surface area contributed by atoms with Gasteiger partial charge in [-0.05, 0) is 18.4 Å². The van der Waals surface area contributed by atoms with Gasteiger partial charge < -0.3 is 0 Å². The summed E-state index contributed by atoms with van der Waals surface area (Å²) in [7, 11) is 0. The van der Waals surface area contributed by atoms with Gasteiger partial charge in [0.2, 0.25) is 0 Å². The van der Waals surface area contributed by atoms with E-state index in [0.717, 1.165) is 5.69 Å². The summed E-state index contributed by atoms with van der Waals surface area (Å²) >= 11 is 1.43. The molecule has 0 unspecified atom stereocenters. The molecule has 1 aliphatic rings. The molecule has 3 aromatic rings. The second-order valence-corrected chi connectivity index (χ2v) is 6.25. The van der Waals surface area contributed by atoms with Crippen molar-refractivity contribution in [1.29, 1.82) is 0 Å². The van der Waals surface area contributed by atoms with Crippen molar-refractivity contribution in [3.63, 3.8) is 0 Å².